The van der Waals surface area contributed by atoms with E-state index in [0.717, 1.165) is 48.1 Å². The molecule has 3 aromatic rings. The van der Waals surface area contributed by atoms with Crippen LogP contribution in [0.15, 0.2) is 66.0 Å². The van der Waals surface area contributed by atoms with Crippen LogP contribution in [0.25, 0.3) is 0 Å². The number of methoxy groups -OCH3 is 1. The summed E-state index contributed by atoms with van der Waals surface area (Å²) in [6, 6.07) is 19.7. The van der Waals surface area contributed by atoms with Gasteiger partial charge in [-0.2, -0.15) is 0 Å². The summed E-state index contributed by atoms with van der Waals surface area (Å²) in [5.74, 6) is 1.64. The van der Waals surface area contributed by atoms with Gasteiger partial charge in [0.2, 0.25) is 0 Å². The Morgan fingerprint density at radius 3 is 2.60 bits per heavy atom. The van der Waals surface area contributed by atoms with Crippen molar-refractivity contribution >= 4 is 22.9 Å². The third kappa shape index (κ3) is 4.94. The zero-order valence-electron chi connectivity index (χ0n) is 17.1. The lowest BCUT2D eigenvalue weighted by Gasteiger charge is -2.24. The molecule has 2 heterocycles. The van der Waals surface area contributed by atoms with Gasteiger partial charge in [-0.15, -0.1) is 11.3 Å². The molecule has 30 heavy (non-hydrogen) atoms. The molecule has 156 valence electrons. The van der Waals surface area contributed by atoms with Gasteiger partial charge < -0.3 is 19.3 Å². The second-order valence-electron chi connectivity index (χ2n) is 7.23. The zero-order valence-corrected chi connectivity index (χ0v) is 17.9. The summed E-state index contributed by atoms with van der Waals surface area (Å²) in [4.78, 5) is 18.5. The van der Waals surface area contributed by atoms with Gasteiger partial charge in [-0.1, -0.05) is 12.1 Å². The average Bonchev–Trinajstić information content (AvgIpc) is 3.20. The summed E-state index contributed by atoms with van der Waals surface area (Å²) < 4.78 is 11.1. The summed E-state index contributed by atoms with van der Waals surface area (Å²) in [6.07, 6.45) is 0.937. The van der Waals surface area contributed by atoms with Gasteiger partial charge in [-0.05, 0) is 60.3 Å². The van der Waals surface area contributed by atoms with Gasteiger partial charge in [0.25, 0.3) is 5.91 Å². The van der Waals surface area contributed by atoms with E-state index >= 15 is 0 Å². The number of ether oxygens (including phenoxy) is 2. The highest BCUT2D eigenvalue weighted by Gasteiger charge is 2.21. The summed E-state index contributed by atoms with van der Waals surface area (Å²) in [5.41, 5.74) is 1.84. The Kier molecular flexibility index (Phi) is 6.54. The Bertz CT molecular complexity index is 957. The minimum absolute atomic E-state index is 0.0631. The molecule has 2 aromatic carbocycles. The second-order valence-corrected chi connectivity index (χ2v) is 8.26. The highest BCUT2D eigenvalue weighted by Crippen LogP contribution is 2.22. The normalized spacial score (nSPS) is 14.3. The van der Waals surface area contributed by atoms with Crippen LogP contribution in [0.4, 0.5) is 5.69 Å². The monoisotopic (exact) mass is 422 g/mol. The van der Waals surface area contributed by atoms with Gasteiger partial charge in [-0.3, -0.25) is 4.79 Å². The fourth-order valence-electron chi connectivity index (χ4n) is 3.62. The van der Waals surface area contributed by atoms with Gasteiger partial charge in [0, 0.05) is 42.3 Å². The van der Waals surface area contributed by atoms with Crippen LogP contribution in [-0.4, -0.2) is 44.1 Å². The van der Waals surface area contributed by atoms with Crippen LogP contribution in [0, 0.1) is 0 Å². The Hall–Kier alpha value is -2.99. The van der Waals surface area contributed by atoms with Gasteiger partial charge >= 0.3 is 0 Å². The van der Waals surface area contributed by atoms with E-state index in [1.165, 1.54) is 0 Å². The maximum Gasteiger partial charge on any atom is 0.254 e. The fourth-order valence-corrected chi connectivity index (χ4v) is 4.24. The lowest BCUT2D eigenvalue weighted by Crippen LogP contribution is -2.35. The molecule has 6 heteroatoms. The highest BCUT2D eigenvalue weighted by atomic mass is 32.1. The van der Waals surface area contributed by atoms with Crippen molar-refractivity contribution in [3.8, 4) is 11.5 Å². The number of hydrogen-bond acceptors (Lipinski definition) is 5. The predicted molar refractivity (Wildman–Crippen MR) is 121 cm³/mol. The van der Waals surface area contributed by atoms with E-state index in [-0.39, 0.29) is 5.91 Å². The van der Waals surface area contributed by atoms with E-state index in [0.29, 0.717) is 18.7 Å². The molecule has 5 nitrogen and oxygen atoms in total. The zero-order chi connectivity index (χ0) is 20.8. The smallest absolute Gasteiger partial charge is 0.254 e. The van der Waals surface area contributed by atoms with Crippen LogP contribution in [-0.2, 0) is 6.61 Å². The van der Waals surface area contributed by atoms with Crippen molar-refractivity contribution < 1.29 is 14.3 Å². The number of hydrogen-bond donors (Lipinski definition) is 0. The summed E-state index contributed by atoms with van der Waals surface area (Å²) in [7, 11) is 1.67. The molecule has 4 rings (SSSR count). The van der Waals surface area contributed by atoms with E-state index in [1.54, 1.807) is 18.4 Å². The van der Waals surface area contributed by atoms with E-state index in [1.807, 2.05) is 58.8 Å². The second kappa shape index (κ2) is 9.67. The van der Waals surface area contributed by atoms with E-state index in [9.17, 15) is 4.79 Å². The summed E-state index contributed by atoms with van der Waals surface area (Å²) in [6.45, 7) is 3.72. The third-order valence-corrected chi connectivity index (χ3v) is 6.11. The Balaban J connectivity index is 1.38. The SMILES string of the molecule is COc1ccc(N2CCCN(C(=O)c3cccc(OCc4cccs4)c3)CC2)cc1. The van der Waals surface area contributed by atoms with Gasteiger partial charge in [-0.25, -0.2) is 0 Å². The maximum absolute atomic E-state index is 13.1. The summed E-state index contributed by atoms with van der Waals surface area (Å²) in [5, 5.41) is 2.03. The van der Waals surface area contributed by atoms with Gasteiger partial charge in [0.1, 0.15) is 18.1 Å². The number of nitrogens with zero attached hydrogens (tertiary/aromatic N) is 2. The van der Waals surface area contributed by atoms with E-state index in [2.05, 4.69) is 17.0 Å². The molecule has 1 aliphatic heterocycles. The van der Waals surface area contributed by atoms with Crippen LogP contribution in [0.2, 0.25) is 0 Å². The number of rotatable bonds is 6. The molecule has 1 aromatic heterocycles. The fraction of sp³-hybridized carbons (Fsp3) is 0.292. The van der Waals surface area contributed by atoms with Crippen LogP contribution < -0.4 is 14.4 Å². The topological polar surface area (TPSA) is 42.0 Å². The summed E-state index contributed by atoms with van der Waals surface area (Å²) >= 11 is 1.67. The first kappa shape index (κ1) is 20.3. The van der Waals surface area contributed by atoms with Crippen molar-refractivity contribution in [1.82, 2.24) is 4.90 Å². The first-order valence-electron chi connectivity index (χ1n) is 10.2. The molecule has 0 radical (unpaired) electrons. The largest absolute Gasteiger partial charge is 0.497 e. The molecule has 0 N–H and O–H groups in total. The minimum Gasteiger partial charge on any atom is -0.497 e. The van der Waals surface area contributed by atoms with Crippen molar-refractivity contribution in [1.29, 1.82) is 0 Å². The average molecular weight is 423 g/mol. The molecule has 0 saturated carbocycles. The van der Waals surface area contributed by atoms with Crippen LogP contribution in [0.3, 0.4) is 0 Å². The molecule has 1 amide bonds. The van der Waals surface area contributed by atoms with Crippen LogP contribution >= 0.6 is 11.3 Å². The first-order chi connectivity index (χ1) is 14.7. The predicted octanol–water partition coefficient (Wildman–Crippen LogP) is 4.69. The molecular weight excluding hydrogens is 396 g/mol. The van der Waals surface area contributed by atoms with Crippen molar-refractivity contribution in [2.45, 2.75) is 13.0 Å². The van der Waals surface area contributed by atoms with Crippen molar-refractivity contribution in [3.05, 3.63) is 76.5 Å². The van der Waals surface area contributed by atoms with E-state index < -0.39 is 0 Å². The molecule has 1 aliphatic rings. The molecule has 1 saturated heterocycles. The third-order valence-electron chi connectivity index (χ3n) is 5.26. The Morgan fingerprint density at radius 1 is 0.967 bits per heavy atom. The first-order valence-corrected chi connectivity index (χ1v) is 11.0. The Labute approximate surface area is 181 Å². The van der Waals surface area contributed by atoms with Crippen molar-refractivity contribution in [2.75, 3.05) is 38.2 Å². The molecule has 0 unspecified atom stereocenters. The van der Waals surface area contributed by atoms with E-state index in [4.69, 9.17) is 9.47 Å². The standard InChI is InChI=1S/C24H26N2O3S/c1-28-21-10-8-20(9-11-21)25-12-4-13-26(15-14-25)24(27)19-5-2-6-22(17-19)29-18-23-7-3-16-30-23/h2-3,5-11,16-17H,4,12-15,18H2,1H3. The van der Waals surface area contributed by atoms with Crippen LogP contribution in [0.5, 0.6) is 11.5 Å². The number of carbonyl (C=O) groups is 1. The van der Waals surface area contributed by atoms with Crippen molar-refractivity contribution in [3.63, 3.8) is 0 Å². The lowest BCUT2D eigenvalue weighted by atomic mass is 10.2. The number of anilines is 1. The lowest BCUT2D eigenvalue weighted by molar-refractivity contribution is 0.0766. The van der Waals surface area contributed by atoms with Gasteiger partial charge in [0.05, 0.1) is 7.11 Å². The van der Waals surface area contributed by atoms with Crippen LogP contribution in [0.1, 0.15) is 21.7 Å². The quantitative estimate of drug-likeness (QED) is 0.578. The number of benzene rings is 2. The molecule has 0 spiro atoms. The molecule has 0 bridgehead atoms. The van der Waals surface area contributed by atoms with Gasteiger partial charge in [0.15, 0.2) is 0 Å². The number of amides is 1. The maximum atomic E-state index is 13.1. The molecular formula is C24H26N2O3S. The Morgan fingerprint density at radius 2 is 1.83 bits per heavy atom. The highest BCUT2D eigenvalue weighted by molar-refractivity contribution is 7.09. The number of thiophene rings is 1. The number of carbonyl (C=O) groups excluding carboxylic acids is 1. The molecule has 0 aliphatic carbocycles. The molecule has 1 fully saturated rings. The minimum atomic E-state index is 0.0631. The molecule has 0 atom stereocenters. The van der Waals surface area contributed by atoms with Crippen molar-refractivity contribution in [2.24, 2.45) is 0 Å².